The second kappa shape index (κ2) is 15.5. The summed E-state index contributed by atoms with van der Waals surface area (Å²) in [6.07, 6.45) is 8.41. The van der Waals surface area contributed by atoms with Gasteiger partial charge in [0.1, 0.15) is 11.2 Å². The molecule has 40 heavy (non-hydrogen) atoms. The highest BCUT2D eigenvalue weighted by Gasteiger charge is 2.35. The standard InChI is InChI=1S/C32H42O8/c1-8-25(16-15-23-35-38-30(2,3)4)24-32(7,40-37-29(34)27-19-13-10-14-20-27)22-21-31(5,6)39-36-28(33)26-17-11-9-12-18-26/h1,9-14,17-20,25H,15-16,21-24H2,2-7H3. The van der Waals surface area contributed by atoms with E-state index in [-0.39, 0.29) is 5.92 Å². The van der Waals surface area contributed by atoms with Gasteiger partial charge >= 0.3 is 11.9 Å². The van der Waals surface area contributed by atoms with Crippen molar-refractivity contribution in [2.75, 3.05) is 6.61 Å². The van der Waals surface area contributed by atoms with Gasteiger partial charge in [0, 0.05) is 5.92 Å². The summed E-state index contributed by atoms with van der Waals surface area (Å²) in [4.78, 5) is 57.1. The first-order chi connectivity index (χ1) is 18.8. The first-order valence-corrected chi connectivity index (χ1v) is 13.5. The Hall–Kier alpha value is -3.22. The van der Waals surface area contributed by atoms with Crippen molar-refractivity contribution in [2.24, 2.45) is 5.92 Å². The summed E-state index contributed by atoms with van der Waals surface area (Å²) >= 11 is 0. The van der Waals surface area contributed by atoms with E-state index in [4.69, 9.17) is 35.7 Å². The van der Waals surface area contributed by atoms with Gasteiger partial charge in [0.15, 0.2) is 0 Å². The Morgan fingerprint density at radius 2 is 1.30 bits per heavy atom. The smallest absolute Gasteiger partial charge is 0.292 e. The van der Waals surface area contributed by atoms with Crippen LogP contribution in [0, 0.1) is 18.3 Å². The first-order valence-electron chi connectivity index (χ1n) is 13.5. The van der Waals surface area contributed by atoms with Gasteiger partial charge in [-0.15, -0.1) is 12.3 Å². The van der Waals surface area contributed by atoms with Gasteiger partial charge in [-0.1, -0.05) is 36.4 Å². The zero-order valence-electron chi connectivity index (χ0n) is 24.4. The van der Waals surface area contributed by atoms with Crippen molar-refractivity contribution in [2.45, 2.75) is 90.4 Å². The number of hydrogen-bond donors (Lipinski definition) is 0. The van der Waals surface area contributed by atoms with Gasteiger partial charge in [-0.2, -0.15) is 9.78 Å². The maximum absolute atomic E-state index is 12.6. The molecule has 0 N–H and O–H groups in total. The summed E-state index contributed by atoms with van der Waals surface area (Å²) in [6.45, 7) is 11.5. The van der Waals surface area contributed by atoms with Gasteiger partial charge in [0.2, 0.25) is 0 Å². The molecule has 2 aromatic carbocycles. The van der Waals surface area contributed by atoms with Crippen LogP contribution >= 0.6 is 0 Å². The van der Waals surface area contributed by atoms with Crippen molar-refractivity contribution >= 4 is 11.9 Å². The Morgan fingerprint density at radius 1 is 0.775 bits per heavy atom. The lowest BCUT2D eigenvalue weighted by Crippen LogP contribution is -2.36. The lowest BCUT2D eigenvalue weighted by atomic mass is 9.84. The molecule has 0 heterocycles. The van der Waals surface area contributed by atoms with Crippen LogP contribution in [0.15, 0.2) is 60.7 Å². The van der Waals surface area contributed by atoms with Crippen LogP contribution in [0.1, 0.15) is 94.4 Å². The van der Waals surface area contributed by atoms with Crippen LogP contribution in [0.5, 0.6) is 0 Å². The fraction of sp³-hybridized carbons (Fsp3) is 0.500. The zero-order valence-corrected chi connectivity index (χ0v) is 24.4. The van der Waals surface area contributed by atoms with Crippen molar-refractivity contribution in [3.8, 4) is 12.3 Å². The van der Waals surface area contributed by atoms with Gasteiger partial charge < -0.3 is 0 Å². The van der Waals surface area contributed by atoms with E-state index in [2.05, 4.69) is 5.92 Å². The Kier molecular flexibility index (Phi) is 12.8. The fourth-order valence-corrected chi connectivity index (χ4v) is 3.69. The lowest BCUT2D eigenvalue weighted by Gasteiger charge is -2.33. The number of hydrogen-bond acceptors (Lipinski definition) is 8. The molecule has 0 aromatic heterocycles. The minimum atomic E-state index is -0.950. The van der Waals surface area contributed by atoms with E-state index in [0.29, 0.717) is 49.8 Å². The van der Waals surface area contributed by atoms with Gasteiger partial charge in [-0.3, -0.25) is 9.78 Å². The average molecular weight is 555 g/mol. The largest absolute Gasteiger partial charge is 0.373 e. The normalized spacial score (nSPS) is 14.0. The number of terminal acetylenes is 1. The molecule has 0 radical (unpaired) electrons. The molecule has 2 rings (SSSR count). The van der Waals surface area contributed by atoms with E-state index < -0.39 is 28.7 Å². The second-order valence-electron chi connectivity index (χ2n) is 11.6. The number of carbonyl (C=O) groups excluding carboxylic acids is 2. The molecule has 0 aliphatic heterocycles. The minimum absolute atomic E-state index is 0.182. The van der Waals surface area contributed by atoms with Gasteiger partial charge in [0.25, 0.3) is 0 Å². The van der Waals surface area contributed by atoms with Crippen LogP contribution in [0.25, 0.3) is 0 Å². The van der Waals surface area contributed by atoms with Gasteiger partial charge in [-0.05, 0) is 97.9 Å². The quantitative estimate of drug-likeness (QED) is 0.0944. The Morgan fingerprint density at radius 3 is 1.80 bits per heavy atom. The molecule has 0 spiro atoms. The monoisotopic (exact) mass is 554 g/mol. The van der Waals surface area contributed by atoms with E-state index in [0.717, 1.165) is 0 Å². The molecular weight excluding hydrogens is 512 g/mol. The van der Waals surface area contributed by atoms with Crippen LogP contribution in [-0.4, -0.2) is 35.3 Å². The van der Waals surface area contributed by atoms with E-state index in [1.165, 1.54) is 0 Å². The van der Waals surface area contributed by atoms with Crippen LogP contribution in [0.4, 0.5) is 0 Å². The van der Waals surface area contributed by atoms with E-state index in [1.807, 2.05) is 39.8 Å². The fourth-order valence-electron chi connectivity index (χ4n) is 3.69. The summed E-state index contributed by atoms with van der Waals surface area (Å²) in [5, 5.41) is 0. The maximum atomic E-state index is 12.6. The molecule has 0 fully saturated rings. The highest BCUT2D eigenvalue weighted by molar-refractivity contribution is 5.89. The molecule has 2 atom stereocenters. The average Bonchev–Trinajstić information content (AvgIpc) is 2.93. The third-order valence-electron chi connectivity index (χ3n) is 5.94. The summed E-state index contributed by atoms with van der Waals surface area (Å²) < 4.78 is 0. The van der Waals surface area contributed by atoms with Crippen molar-refractivity contribution in [3.63, 3.8) is 0 Å². The molecule has 0 saturated carbocycles. The molecule has 0 amide bonds. The van der Waals surface area contributed by atoms with Crippen molar-refractivity contribution in [1.82, 2.24) is 0 Å². The molecule has 0 saturated heterocycles. The summed E-state index contributed by atoms with van der Waals surface area (Å²) in [6, 6.07) is 17.2. The van der Waals surface area contributed by atoms with Crippen molar-refractivity contribution in [3.05, 3.63) is 71.8 Å². The molecule has 8 nitrogen and oxygen atoms in total. The number of benzene rings is 2. The van der Waals surface area contributed by atoms with Crippen LogP contribution in [0.3, 0.4) is 0 Å². The van der Waals surface area contributed by atoms with E-state index in [9.17, 15) is 9.59 Å². The van der Waals surface area contributed by atoms with E-state index >= 15 is 0 Å². The van der Waals surface area contributed by atoms with Crippen LogP contribution < -0.4 is 0 Å². The Balaban J connectivity index is 2.01. The first kappa shape index (κ1) is 33.0. The molecular formula is C32H42O8. The van der Waals surface area contributed by atoms with Crippen molar-refractivity contribution in [1.29, 1.82) is 0 Å². The second-order valence-corrected chi connectivity index (χ2v) is 11.6. The minimum Gasteiger partial charge on any atom is -0.292 e. The molecule has 0 aliphatic rings. The van der Waals surface area contributed by atoms with Crippen LogP contribution in [0.2, 0.25) is 0 Å². The molecule has 0 bridgehead atoms. The Labute approximate surface area is 238 Å². The maximum Gasteiger partial charge on any atom is 0.373 e. The highest BCUT2D eigenvalue weighted by Crippen LogP contribution is 2.32. The van der Waals surface area contributed by atoms with Gasteiger partial charge in [0.05, 0.1) is 23.3 Å². The van der Waals surface area contributed by atoms with E-state index in [1.54, 1.807) is 62.4 Å². The lowest BCUT2D eigenvalue weighted by molar-refractivity contribution is -0.349. The summed E-state index contributed by atoms with van der Waals surface area (Å²) in [5.74, 6) is 1.44. The molecule has 2 aromatic rings. The molecule has 2 unspecified atom stereocenters. The van der Waals surface area contributed by atoms with Crippen molar-refractivity contribution < 1.29 is 38.9 Å². The predicted octanol–water partition coefficient (Wildman–Crippen LogP) is 7.05. The summed E-state index contributed by atoms with van der Waals surface area (Å²) in [7, 11) is 0. The Bertz CT molecular complexity index is 1090. The third-order valence-corrected chi connectivity index (χ3v) is 5.94. The van der Waals surface area contributed by atoms with Gasteiger partial charge in [-0.25, -0.2) is 19.4 Å². The van der Waals surface area contributed by atoms with Crippen LogP contribution in [-0.2, 0) is 29.3 Å². The third kappa shape index (κ3) is 12.8. The SMILES string of the molecule is C#CC(CCCOOC(C)(C)C)CC(C)(CCC(C)(C)OOC(=O)c1ccccc1)OOC(=O)c1ccccc1. The number of rotatable bonds is 16. The molecule has 218 valence electrons. The molecule has 8 heteroatoms. The predicted molar refractivity (Wildman–Crippen MR) is 151 cm³/mol. The topological polar surface area (TPSA) is 89.5 Å². The number of carbonyl (C=O) groups is 2. The zero-order chi connectivity index (χ0) is 29.7. The highest BCUT2D eigenvalue weighted by atomic mass is 17.2. The summed E-state index contributed by atoms with van der Waals surface area (Å²) in [5.41, 5.74) is -1.46. The molecule has 0 aliphatic carbocycles.